The van der Waals surface area contributed by atoms with Gasteiger partial charge in [0, 0.05) is 19.1 Å². The fourth-order valence-corrected chi connectivity index (χ4v) is 2.80. The second kappa shape index (κ2) is 7.01. The summed E-state index contributed by atoms with van der Waals surface area (Å²) in [5.41, 5.74) is 5.96. The number of rotatable bonds is 5. The van der Waals surface area contributed by atoms with Crippen molar-refractivity contribution in [2.24, 2.45) is 17.6 Å². The monoisotopic (exact) mass is 269 g/mol. The molecule has 1 saturated heterocycles. The molecule has 0 saturated carbocycles. The van der Waals surface area contributed by atoms with Crippen LogP contribution in [0.3, 0.4) is 0 Å². The minimum absolute atomic E-state index is 0.00654. The molecule has 0 aromatic heterocycles. The zero-order chi connectivity index (χ0) is 14.6. The molecule has 0 radical (unpaired) electrons. The van der Waals surface area contributed by atoms with E-state index < -0.39 is 0 Å². The summed E-state index contributed by atoms with van der Waals surface area (Å²) in [6.45, 7) is 9.52. The Labute approximate surface area is 115 Å². The van der Waals surface area contributed by atoms with E-state index in [4.69, 9.17) is 5.73 Å². The number of carbonyl (C=O) groups is 2. The smallest absolute Gasteiger partial charge is 0.234 e. The fourth-order valence-electron chi connectivity index (χ4n) is 2.80. The number of carbonyl (C=O) groups excluding carboxylic acids is 2. The molecule has 1 amide bonds. The summed E-state index contributed by atoms with van der Waals surface area (Å²) in [4.78, 5) is 25.5. The predicted molar refractivity (Wildman–Crippen MR) is 75.6 cm³/mol. The SMILES string of the molecule is CC(=O)C(NC(=O)CN1CC(C)CC(N)C1)C(C)C. The molecule has 1 rings (SSSR count). The molecule has 1 aliphatic heterocycles. The quantitative estimate of drug-likeness (QED) is 0.757. The Morgan fingerprint density at radius 3 is 2.47 bits per heavy atom. The topological polar surface area (TPSA) is 75.4 Å². The zero-order valence-electron chi connectivity index (χ0n) is 12.5. The molecule has 1 heterocycles. The van der Waals surface area contributed by atoms with E-state index in [1.165, 1.54) is 6.92 Å². The average Bonchev–Trinajstić information content (AvgIpc) is 2.23. The number of amides is 1. The summed E-state index contributed by atoms with van der Waals surface area (Å²) in [6.07, 6.45) is 1.01. The number of Topliss-reactive ketones (excluding diaryl/α,β-unsaturated/α-hetero) is 1. The molecule has 1 fully saturated rings. The van der Waals surface area contributed by atoms with E-state index in [-0.39, 0.29) is 29.7 Å². The van der Waals surface area contributed by atoms with E-state index in [0.717, 1.165) is 19.5 Å². The largest absolute Gasteiger partial charge is 0.345 e. The van der Waals surface area contributed by atoms with Crippen LogP contribution in [0.2, 0.25) is 0 Å². The van der Waals surface area contributed by atoms with Gasteiger partial charge in [-0.3, -0.25) is 14.5 Å². The first kappa shape index (κ1) is 16.1. The maximum Gasteiger partial charge on any atom is 0.234 e. The highest BCUT2D eigenvalue weighted by Crippen LogP contribution is 2.14. The van der Waals surface area contributed by atoms with Crippen molar-refractivity contribution in [2.45, 2.75) is 46.2 Å². The van der Waals surface area contributed by atoms with Crippen molar-refractivity contribution in [2.75, 3.05) is 19.6 Å². The molecule has 3 unspecified atom stereocenters. The van der Waals surface area contributed by atoms with Crippen LogP contribution < -0.4 is 11.1 Å². The maximum absolute atomic E-state index is 12.0. The number of piperidine rings is 1. The van der Waals surface area contributed by atoms with Crippen molar-refractivity contribution in [3.8, 4) is 0 Å². The van der Waals surface area contributed by atoms with Crippen molar-refractivity contribution in [3.05, 3.63) is 0 Å². The first-order valence-electron chi connectivity index (χ1n) is 7.07. The molecule has 110 valence electrons. The lowest BCUT2D eigenvalue weighted by Crippen LogP contribution is -2.52. The third-order valence-electron chi connectivity index (χ3n) is 3.56. The van der Waals surface area contributed by atoms with Gasteiger partial charge in [0.05, 0.1) is 12.6 Å². The molecule has 1 aliphatic rings. The van der Waals surface area contributed by atoms with Gasteiger partial charge in [-0.25, -0.2) is 0 Å². The van der Waals surface area contributed by atoms with Gasteiger partial charge in [-0.15, -0.1) is 0 Å². The number of hydrogen-bond donors (Lipinski definition) is 2. The first-order valence-corrected chi connectivity index (χ1v) is 7.07. The molecule has 0 aromatic carbocycles. The molecule has 0 bridgehead atoms. The van der Waals surface area contributed by atoms with E-state index in [1.54, 1.807) is 0 Å². The predicted octanol–water partition coefficient (Wildman–Crippen LogP) is 0.385. The van der Waals surface area contributed by atoms with Gasteiger partial charge >= 0.3 is 0 Å². The fraction of sp³-hybridized carbons (Fsp3) is 0.857. The Hall–Kier alpha value is -0.940. The van der Waals surface area contributed by atoms with E-state index >= 15 is 0 Å². The second-order valence-corrected chi connectivity index (χ2v) is 6.19. The molecule has 0 aromatic rings. The number of nitrogens with one attached hydrogen (secondary N) is 1. The molecular weight excluding hydrogens is 242 g/mol. The summed E-state index contributed by atoms with van der Waals surface area (Å²) >= 11 is 0. The van der Waals surface area contributed by atoms with E-state index in [9.17, 15) is 9.59 Å². The third kappa shape index (κ3) is 5.28. The van der Waals surface area contributed by atoms with Crippen LogP contribution in [0.4, 0.5) is 0 Å². The minimum atomic E-state index is -0.386. The first-order chi connectivity index (χ1) is 8.79. The molecule has 0 spiro atoms. The summed E-state index contributed by atoms with van der Waals surface area (Å²) in [5.74, 6) is 0.552. The lowest BCUT2D eigenvalue weighted by Gasteiger charge is -2.34. The Bertz CT molecular complexity index is 321. The van der Waals surface area contributed by atoms with Gasteiger partial charge in [0.1, 0.15) is 0 Å². The van der Waals surface area contributed by atoms with Gasteiger partial charge in [0.15, 0.2) is 5.78 Å². The Morgan fingerprint density at radius 2 is 2.00 bits per heavy atom. The van der Waals surface area contributed by atoms with Gasteiger partial charge < -0.3 is 11.1 Å². The highest BCUT2D eigenvalue weighted by Gasteiger charge is 2.25. The van der Waals surface area contributed by atoms with Crippen LogP contribution >= 0.6 is 0 Å². The van der Waals surface area contributed by atoms with E-state index in [0.29, 0.717) is 12.5 Å². The van der Waals surface area contributed by atoms with Crippen LogP contribution in [0, 0.1) is 11.8 Å². The third-order valence-corrected chi connectivity index (χ3v) is 3.56. The van der Waals surface area contributed by atoms with Crippen molar-refractivity contribution in [1.82, 2.24) is 10.2 Å². The molecule has 5 heteroatoms. The lowest BCUT2D eigenvalue weighted by atomic mass is 9.96. The van der Waals surface area contributed by atoms with Crippen molar-refractivity contribution in [3.63, 3.8) is 0 Å². The molecule has 19 heavy (non-hydrogen) atoms. The van der Waals surface area contributed by atoms with Gasteiger partial charge in [-0.1, -0.05) is 20.8 Å². The minimum Gasteiger partial charge on any atom is -0.345 e. The summed E-state index contributed by atoms with van der Waals surface area (Å²) in [5, 5.41) is 2.82. The second-order valence-electron chi connectivity index (χ2n) is 6.19. The molecule has 0 aliphatic carbocycles. The van der Waals surface area contributed by atoms with Gasteiger partial charge in [-0.05, 0) is 25.2 Å². The van der Waals surface area contributed by atoms with Crippen molar-refractivity contribution >= 4 is 11.7 Å². The van der Waals surface area contributed by atoms with E-state index in [1.807, 2.05) is 13.8 Å². The summed E-state index contributed by atoms with van der Waals surface area (Å²) < 4.78 is 0. The Morgan fingerprint density at radius 1 is 1.37 bits per heavy atom. The molecular formula is C14H27N3O2. The maximum atomic E-state index is 12.0. The number of ketones is 1. The number of nitrogens with two attached hydrogens (primary N) is 1. The zero-order valence-corrected chi connectivity index (χ0v) is 12.5. The van der Waals surface area contributed by atoms with Crippen molar-refractivity contribution in [1.29, 1.82) is 0 Å². The van der Waals surface area contributed by atoms with Crippen LogP contribution in [0.1, 0.15) is 34.1 Å². The lowest BCUT2D eigenvalue weighted by molar-refractivity contribution is -0.128. The van der Waals surface area contributed by atoms with E-state index in [2.05, 4.69) is 17.1 Å². The number of nitrogens with zero attached hydrogens (tertiary/aromatic N) is 1. The van der Waals surface area contributed by atoms with Gasteiger partial charge in [0.2, 0.25) is 5.91 Å². The van der Waals surface area contributed by atoms with Gasteiger partial charge in [0.25, 0.3) is 0 Å². The number of likely N-dealkylation sites (tertiary alicyclic amines) is 1. The van der Waals surface area contributed by atoms with Crippen LogP contribution in [0.5, 0.6) is 0 Å². The highest BCUT2D eigenvalue weighted by atomic mass is 16.2. The van der Waals surface area contributed by atoms with Crippen LogP contribution in [-0.4, -0.2) is 48.3 Å². The number of hydrogen-bond acceptors (Lipinski definition) is 4. The molecule has 5 nitrogen and oxygen atoms in total. The summed E-state index contributed by atoms with van der Waals surface area (Å²) in [7, 11) is 0. The Kier molecular flexibility index (Phi) is 5.94. The highest BCUT2D eigenvalue weighted by molar-refractivity contribution is 5.88. The van der Waals surface area contributed by atoms with Crippen molar-refractivity contribution < 1.29 is 9.59 Å². The van der Waals surface area contributed by atoms with Crippen LogP contribution in [0.25, 0.3) is 0 Å². The molecule has 3 atom stereocenters. The van der Waals surface area contributed by atoms with Crippen LogP contribution in [0.15, 0.2) is 0 Å². The Balaban J connectivity index is 2.48. The molecule has 3 N–H and O–H groups in total. The van der Waals surface area contributed by atoms with Gasteiger partial charge in [-0.2, -0.15) is 0 Å². The normalized spacial score (nSPS) is 26.2. The average molecular weight is 269 g/mol. The summed E-state index contributed by atoms with van der Waals surface area (Å²) in [6, 6.07) is -0.242. The standard InChI is InChI=1S/C14H27N3O2/c1-9(2)14(11(4)18)16-13(19)8-17-6-10(3)5-12(15)7-17/h9-10,12,14H,5-8,15H2,1-4H3,(H,16,19). The van der Waals surface area contributed by atoms with Crippen LogP contribution in [-0.2, 0) is 9.59 Å².